The molecule has 0 saturated carbocycles. The number of aromatic nitrogens is 2. The molecule has 18 heavy (non-hydrogen) atoms. The van der Waals surface area contributed by atoms with Crippen molar-refractivity contribution >= 4 is 11.6 Å². The summed E-state index contributed by atoms with van der Waals surface area (Å²) in [6, 6.07) is 5.14. The van der Waals surface area contributed by atoms with Gasteiger partial charge in [-0.25, -0.2) is 0 Å². The van der Waals surface area contributed by atoms with E-state index in [-0.39, 0.29) is 6.04 Å². The van der Waals surface area contributed by atoms with Gasteiger partial charge in [0.15, 0.2) is 0 Å². The first-order valence-corrected chi connectivity index (χ1v) is 6.00. The lowest BCUT2D eigenvalue weighted by molar-refractivity contribution is 0.408. The number of methoxy groups -OCH3 is 1. The normalized spacial score (nSPS) is 12.5. The van der Waals surface area contributed by atoms with Gasteiger partial charge in [0.05, 0.1) is 19.3 Å². The SMILES string of the molecule is COc1ccc(Cl)cc1C(N)c1cnn(C)c1C. The van der Waals surface area contributed by atoms with Gasteiger partial charge in [-0.05, 0) is 25.1 Å². The molecule has 1 unspecified atom stereocenters. The van der Waals surface area contributed by atoms with Crippen LogP contribution in [0.3, 0.4) is 0 Å². The first-order valence-electron chi connectivity index (χ1n) is 5.62. The number of benzene rings is 1. The maximum Gasteiger partial charge on any atom is 0.124 e. The molecule has 0 bridgehead atoms. The van der Waals surface area contributed by atoms with E-state index in [1.807, 2.05) is 26.1 Å². The van der Waals surface area contributed by atoms with Crippen molar-refractivity contribution in [2.24, 2.45) is 12.8 Å². The zero-order valence-corrected chi connectivity index (χ0v) is 11.4. The monoisotopic (exact) mass is 265 g/mol. The van der Waals surface area contributed by atoms with Crippen molar-refractivity contribution in [2.75, 3.05) is 7.11 Å². The van der Waals surface area contributed by atoms with E-state index in [0.717, 1.165) is 22.6 Å². The van der Waals surface area contributed by atoms with E-state index in [4.69, 9.17) is 22.1 Å². The van der Waals surface area contributed by atoms with E-state index in [1.165, 1.54) is 0 Å². The molecule has 0 fully saturated rings. The van der Waals surface area contributed by atoms with Gasteiger partial charge in [-0.15, -0.1) is 0 Å². The van der Waals surface area contributed by atoms with Crippen LogP contribution in [0.15, 0.2) is 24.4 Å². The van der Waals surface area contributed by atoms with Crippen LogP contribution in [0.4, 0.5) is 0 Å². The molecule has 1 atom stereocenters. The molecule has 0 radical (unpaired) electrons. The van der Waals surface area contributed by atoms with Crippen molar-refractivity contribution in [1.82, 2.24) is 9.78 Å². The van der Waals surface area contributed by atoms with Gasteiger partial charge in [0.25, 0.3) is 0 Å². The summed E-state index contributed by atoms with van der Waals surface area (Å²) >= 11 is 6.02. The number of aryl methyl sites for hydroxylation is 1. The molecule has 5 heteroatoms. The molecule has 2 N–H and O–H groups in total. The maximum atomic E-state index is 6.28. The summed E-state index contributed by atoms with van der Waals surface area (Å²) in [6.45, 7) is 1.99. The molecule has 96 valence electrons. The van der Waals surface area contributed by atoms with Gasteiger partial charge in [-0.3, -0.25) is 4.68 Å². The number of halogens is 1. The van der Waals surface area contributed by atoms with Crippen LogP contribution >= 0.6 is 11.6 Å². The third kappa shape index (κ3) is 2.21. The summed E-state index contributed by atoms with van der Waals surface area (Å²) < 4.78 is 7.12. The molecule has 2 aromatic rings. The lowest BCUT2D eigenvalue weighted by Crippen LogP contribution is -2.14. The van der Waals surface area contributed by atoms with E-state index < -0.39 is 0 Å². The average molecular weight is 266 g/mol. The topological polar surface area (TPSA) is 53.1 Å². The van der Waals surface area contributed by atoms with Crippen molar-refractivity contribution in [3.63, 3.8) is 0 Å². The highest BCUT2D eigenvalue weighted by atomic mass is 35.5. The minimum atomic E-state index is -0.299. The average Bonchev–Trinajstić information content (AvgIpc) is 2.69. The predicted molar refractivity (Wildman–Crippen MR) is 72.0 cm³/mol. The zero-order valence-electron chi connectivity index (χ0n) is 10.6. The Morgan fingerprint density at radius 2 is 2.11 bits per heavy atom. The Kier molecular flexibility index (Phi) is 3.59. The molecule has 0 aliphatic carbocycles. The maximum absolute atomic E-state index is 6.28. The van der Waals surface area contributed by atoms with Gasteiger partial charge >= 0.3 is 0 Å². The second-order valence-electron chi connectivity index (χ2n) is 4.17. The van der Waals surface area contributed by atoms with E-state index in [1.54, 1.807) is 24.1 Å². The van der Waals surface area contributed by atoms with Gasteiger partial charge in [0.1, 0.15) is 5.75 Å². The van der Waals surface area contributed by atoms with Crippen molar-refractivity contribution in [1.29, 1.82) is 0 Å². The highest BCUT2D eigenvalue weighted by molar-refractivity contribution is 6.30. The summed E-state index contributed by atoms with van der Waals surface area (Å²) in [7, 11) is 3.51. The van der Waals surface area contributed by atoms with Crippen LogP contribution in [0, 0.1) is 6.92 Å². The van der Waals surface area contributed by atoms with Crippen LogP contribution in [0.2, 0.25) is 5.02 Å². The van der Waals surface area contributed by atoms with Gasteiger partial charge in [-0.2, -0.15) is 5.10 Å². The first kappa shape index (κ1) is 12.9. The zero-order chi connectivity index (χ0) is 13.3. The Hall–Kier alpha value is -1.52. The highest BCUT2D eigenvalue weighted by Crippen LogP contribution is 2.31. The largest absolute Gasteiger partial charge is 0.496 e. The summed E-state index contributed by atoms with van der Waals surface area (Å²) in [6.07, 6.45) is 1.78. The van der Waals surface area contributed by atoms with E-state index in [0.29, 0.717) is 5.02 Å². The van der Waals surface area contributed by atoms with Crippen LogP contribution in [0.5, 0.6) is 5.75 Å². The predicted octanol–water partition coefficient (Wildman–Crippen LogP) is 2.44. The quantitative estimate of drug-likeness (QED) is 0.927. The standard InChI is InChI=1S/C13H16ClN3O/c1-8-11(7-16-17(8)2)13(15)10-6-9(14)4-5-12(10)18-3/h4-7,13H,15H2,1-3H3. The summed E-state index contributed by atoms with van der Waals surface area (Å²) in [5.41, 5.74) is 9.15. The molecule has 1 heterocycles. The molecule has 1 aromatic carbocycles. The highest BCUT2D eigenvalue weighted by Gasteiger charge is 2.18. The summed E-state index contributed by atoms with van der Waals surface area (Å²) in [5, 5.41) is 4.85. The third-order valence-electron chi connectivity index (χ3n) is 3.14. The molecule has 1 aromatic heterocycles. The third-order valence-corrected chi connectivity index (χ3v) is 3.37. The van der Waals surface area contributed by atoms with Crippen molar-refractivity contribution in [3.8, 4) is 5.75 Å². The van der Waals surface area contributed by atoms with E-state index in [9.17, 15) is 0 Å². The molecular weight excluding hydrogens is 250 g/mol. The lowest BCUT2D eigenvalue weighted by Gasteiger charge is -2.16. The van der Waals surface area contributed by atoms with E-state index in [2.05, 4.69) is 5.10 Å². The van der Waals surface area contributed by atoms with Crippen LogP contribution in [-0.4, -0.2) is 16.9 Å². The van der Waals surface area contributed by atoms with Crippen molar-refractivity contribution in [3.05, 3.63) is 46.2 Å². The van der Waals surface area contributed by atoms with Crippen molar-refractivity contribution < 1.29 is 4.74 Å². The van der Waals surface area contributed by atoms with Gasteiger partial charge < -0.3 is 10.5 Å². The minimum Gasteiger partial charge on any atom is -0.496 e. The molecule has 4 nitrogen and oxygen atoms in total. The number of nitrogens with zero attached hydrogens (tertiary/aromatic N) is 2. The van der Waals surface area contributed by atoms with Crippen molar-refractivity contribution in [2.45, 2.75) is 13.0 Å². The molecule has 0 amide bonds. The molecular formula is C13H16ClN3O. The summed E-state index contributed by atoms with van der Waals surface area (Å²) in [4.78, 5) is 0. The van der Waals surface area contributed by atoms with Crippen LogP contribution in [-0.2, 0) is 7.05 Å². The first-order chi connectivity index (χ1) is 8.54. The van der Waals surface area contributed by atoms with Gasteiger partial charge in [-0.1, -0.05) is 11.6 Å². The Balaban J connectivity index is 2.48. The Labute approximate surface area is 111 Å². The molecule has 2 rings (SSSR count). The smallest absolute Gasteiger partial charge is 0.124 e. The Bertz CT molecular complexity index is 565. The van der Waals surface area contributed by atoms with Gasteiger partial charge in [0.2, 0.25) is 0 Å². The fourth-order valence-electron chi connectivity index (χ4n) is 1.94. The fourth-order valence-corrected chi connectivity index (χ4v) is 2.12. The van der Waals surface area contributed by atoms with E-state index >= 15 is 0 Å². The van der Waals surface area contributed by atoms with Crippen LogP contribution < -0.4 is 10.5 Å². The molecule has 0 saturated heterocycles. The second kappa shape index (κ2) is 5.00. The van der Waals surface area contributed by atoms with Crippen LogP contribution in [0.25, 0.3) is 0 Å². The number of nitrogens with two attached hydrogens (primary N) is 1. The fraction of sp³-hybridized carbons (Fsp3) is 0.308. The number of hydrogen-bond donors (Lipinski definition) is 1. The van der Waals surface area contributed by atoms with Crippen LogP contribution in [0.1, 0.15) is 22.9 Å². The Morgan fingerprint density at radius 3 is 2.67 bits per heavy atom. The van der Waals surface area contributed by atoms with Gasteiger partial charge in [0, 0.05) is 28.9 Å². The lowest BCUT2D eigenvalue weighted by atomic mass is 9.99. The second-order valence-corrected chi connectivity index (χ2v) is 4.61. The summed E-state index contributed by atoms with van der Waals surface area (Å²) in [5.74, 6) is 0.732. The molecule has 0 aliphatic heterocycles. The number of ether oxygens (including phenoxy) is 1. The Morgan fingerprint density at radius 1 is 1.39 bits per heavy atom. The number of hydrogen-bond acceptors (Lipinski definition) is 3. The molecule has 0 aliphatic rings. The minimum absolute atomic E-state index is 0.299. The number of rotatable bonds is 3. The molecule has 0 spiro atoms.